The van der Waals surface area contributed by atoms with Crippen molar-refractivity contribution < 1.29 is 9.16 Å². The molecule has 208 valence electrons. The zero-order valence-corrected chi connectivity index (χ0v) is 25.1. The number of ether oxygens (including phenoxy) is 1. The summed E-state index contributed by atoms with van der Waals surface area (Å²) in [5.41, 5.74) is 4.44. The van der Waals surface area contributed by atoms with Gasteiger partial charge in [-0.05, 0) is 72.1 Å². The minimum atomic E-state index is -2.13. The number of fused-ring (bicyclic) bond motifs is 1. The highest BCUT2D eigenvalue weighted by atomic mass is 28.4. The lowest BCUT2D eigenvalue weighted by molar-refractivity contribution is 0.182. The van der Waals surface area contributed by atoms with Gasteiger partial charge in [-0.25, -0.2) is 0 Å². The van der Waals surface area contributed by atoms with Crippen molar-refractivity contribution in [3.8, 4) is 11.8 Å². The molecule has 0 amide bonds. The molecule has 40 heavy (non-hydrogen) atoms. The Morgan fingerprint density at radius 2 is 1.68 bits per heavy atom. The summed E-state index contributed by atoms with van der Waals surface area (Å²) < 4.78 is 13.2. The molecule has 0 aliphatic rings. The van der Waals surface area contributed by atoms with Gasteiger partial charge in [0.1, 0.15) is 12.4 Å². The number of nitrogens with one attached hydrogen (secondary N) is 2. The predicted octanol–water partition coefficient (Wildman–Crippen LogP) is 6.87. The van der Waals surface area contributed by atoms with Crippen molar-refractivity contribution in [2.24, 2.45) is 0 Å². The zero-order valence-electron chi connectivity index (χ0n) is 24.1. The number of H-pyrrole nitrogens is 1. The average Bonchev–Trinajstić information content (AvgIpc) is 2.93. The number of nitrogens with zero attached hydrogens (tertiary/aromatic N) is 1. The third-order valence-electron chi connectivity index (χ3n) is 7.72. The van der Waals surface area contributed by atoms with E-state index in [1.807, 2.05) is 66.7 Å². The topological polar surface area (TPSA) is 87.1 Å². The molecule has 0 saturated heterocycles. The first kappa shape index (κ1) is 29.3. The maximum atomic E-state index is 12.4. The third kappa shape index (κ3) is 7.27. The maximum absolute atomic E-state index is 12.4. The minimum absolute atomic E-state index is 0.0383. The van der Waals surface area contributed by atoms with Gasteiger partial charge in [-0.2, -0.15) is 5.26 Å². The van der Waals surface area contributed by atoms with Crippen LogP contribution in [-0.2, 0) is 17.5 Å². The summed E-state index contributed by atoms with van der Waals surface area (Å²) in [6.45, 7) is 13.1. The molecule has 0 bridgehead atoms. The Bertz CT molecular complexity index is 1520. The normalized spacial score (nSPS) is 12.7. The van der Waals surface area contributed by atoms with E-state index < -0.39 is 8.32 Å². The highest BCUT2D eigenvalue weighted by molar-refractivity contribution is 6.74. The summed E-state index contributed by atoms with van der Waals surface area (Å²) in [6.07, 6.45) is 0.636. The molecule has 0 aliphatic carbocycles. The molecule has 0 fully saturated rings. The van der Waals surface area contributed by atoms with Crippen LogP contribution in [0, 0.1) is 11.3 Å². The smallest absolute Gasteiger partial charge is 0.248 e. The molecule has 6 nitrogen and oxygen atoms in total. The molecule has 1 atom stereocenters. The lowest BCUT2D eigenvalue weighted by Gasteiger charge is -2.39. The van der Waals surface area contributed by atoms with Crippen molar-refractivity contribution in [2.45, 2.75) is 58.0 Å². The highest BCUT2D eigenvalue weighted by Gasteiger charge is 2.39. The Morgan fingerprint density at radius 3 is 2.35 bits per heavy atom. The van der Waals surface area contributed by atoms with Gasteiger partial charge in [-0.3, -0.25) is 4.79 Å². The second-order valence-electron chi connectivity index (χ2n) is 11.7. The van der Waals surface area contributed by atoms with E-state index in [-0.39, 0.29) is 16.7 Å². The van der Waals surface area contributed by atoms with Crippen LogP contribution in [0.3, 0.4) is 0 Å². The number of hydrogen-bond acceptors (Lipinski definition) is 5. The van der Waals surface area contributed by atoms with Gasteiger partial charge in [0.15, 0.2) is 8.32 Å². The van der Waals surface area contributed by atoms with Gasteiger partial charge in [0.05, 0.1) is 23.3 Å². The SMILES string of the molecule is CC(C)(C)[Si](C)(C)O[C@@H](CNCCc1ccc(C#N)cc1)c1ccc(OCc2ccccc2)c2[nH]c(=O)ccc12. The second-order valence-corrected chi connectivity index (χ2v) is 16.4. The van der Waals surface area contributed by atoms with E-state index >= 15 is 0 Å². The van der Waals surface area contributed by atoms with Crippen molar-refractivity contribution in [2.75, 3.05) is 13.1 Å². The Morgan fingerprint density at radius 1 is 0.950 bits per heavy atom. The molecule has 1 heterocycles. The van der Waals surface area contributed by atoms with Crippen LogP contribution in [0.25, 0.3) is 10.9 Å². The zero-order chi connectivity index (χ0) is 28.8. The molecule has 0 radical (unpaired) electrons. The van der Waals surface area contributed by atoms with E-state index in [0.717, 1.165) is 29.5 Å². The van der Waals surface area contributed by atoms with Crippen molar-refractivity contribution in [3.05, 3.63) is 111 Å². The van der Waals surface area contributed by atoms with Gasteiger partial charge < -0.3 is 19.5 Å². The van der Waals surface area contributed by atoms with Crippen LogP contribution in [0.5, 0.6) is 5.75 Å². The number of nitriles is 1. The third-order valence-corrected chi connectivity index (χ3v) is 12.2. The van der Waals surface area contributed by atoms with Crippen LogP contribution in [0.2, 0.25) is 18.1 Å². The fraction of sp³-hybridized carbons (Fsp3) is 0.333. The van der Waals surface area contributed by atoms with Crippen LogP contribution in [-0.4, -0.2) is 26.4 Å². The van der Waals surface area contributed by atoms with Crippen molar-refractivity contribution >= 4 is 19.2 Å². The van der Waals surface area contributed by atoms with Crippen LogP contribution < -0.4 is 15.6 Å². The van der Waals surface area contributed by atoms with Gasteiger partial charge in [0, 0.05) is 18.0 Å². The number of aromatic amines is 1. The molecule has 0 spiro atoms. The Kier molecular flexibility index (Phi) is 9.26. The van der Waals surface area contributed by atoms with Gasteiger partial charge in [-0.1, -0.05) is 69.3 Å². The van der Waals surface area contributed by atoms with Crippen LogP contribution >= 0.6 is 0 Å². The standard InChI is InChI=1S/C33H39N3O3Si/c1-33(2,3)40(4,5)39-30(22-35-20-19-24-11-13-25(21-34)14-12-24)27-15-17-29(32-28(27)16-18-31(37)36-32)38-23-26-9-7-6-8-10-26/h6-18,30,35H,19-20,22-23H2,1-5H3,(H,36,37)/t30-/m0/s1. The monoisotopic (exact) mass is 553 g/mol. The van der Waals surface area contributed by atoms with Gasteiger partial charge >= 0.3 is 0 Å². The van der Waals surface area contributed by atoms with E-state index in [1.54, 1.807) is 6.07 Å². The van der Waals surface area contributed by atoms with E-state index in [9.17, 15) is 4.79 Å². The highest BCUT2D eigenvalue weighted by Crippen LogP contribution is 2.41. The summed E-state index contributed by atoms with van der Waals surface area (Å²) in [6, 6.07) is 27.3. The van der Waals surface area contributed by atoms with Gasteiger partial charge in [0.25, 0.3) is 0 Å². The second kappa shape index (κ2) is 12.6. The Labute approximate surface area is 238 Å². The summed E-state index contributed by atoms with van der Waals surface area (Å²) in [5.74, 6) is 0.639. The maximum Gasteiger partial charge on any atom is 0.248 e. The predicted molar refractivity (Wildman–Crippen MR) is 164 cm³/mol. The van der Waals surface area contributed by atoms with Crippen LogP contribution in [0.15, 0.2) is 83.7 Å². The van der Waals surface area contributed by atoms with E-state index in [1.165, 1.54) is 5.56 Å². The molecular formula is C33H39N3O3Si. The molecule has 2 N–H and O–H groups in total. The van der Waals surface area contributed by atoms with Gasteiger partial charge in [0.2, 0.25) is 5.56 Å². The lowest BCUT2D eigenvalue weighted by Crippen LogP contribution is -2.43. The molecule has 4 aromatic rings. The number of pyridine rings is 1. The first-order valence-corrected chi connectivity index (χ1v) is 16.7. The van der Waals surface area contributed by atoms with E-state index in [2.05, 4.69) is 56.3 Å². The quantitative estimate of drug-likeness (QED) is 0.156. The largest absolute Gasteiger partial charge is 0.487 e. The van der Waals surface area contributed by atoms with Crippen molar-refractivity contribution in [3.63, 3.8) is 0 Å². The number of hydrogen-bond donors (Lipinski definition) is 2. The van der Waals surface area contributed by atoms with Crippen molar-refractivity contribution in [1.29, 1.82) is 5.26 Å². The molecule has 3 aromatic carbocycles. The molecule has 4 rings (SSSR count). The van der Waals surface area contributed by atoms with E-state index in [0.29, 0.717) is 30.0 Å². The lowest BCUT2D eigenvalue weighted by atomic mass is 10.0. The first-order valence-electron chi connectivity index (χ1n) is 13.8. The molecule has 0 unspecified atom stereocenters. The molecule has 0 aliphatic heterocycles. The van der Waals surface area contributed by atoms with Crippen molar-refractivity contribution in [1.82, 2.24) is 10.3 Å². The number of aromatic nitrogens is 1. The molecule has 7 heteroatoms. The average molecular weight is 554 g/mol. The number of rotatable bonds is 11. The fourth-order valence-electron chi connectivity index (χ4n) is 4.34. The van der Waals surface area contributed by atoms with Gasteiger partial charge in [-0.15, -0.1) is 0 Å². The summed E-state index contributed by atoms with van der Waals surface area (Å²) in [7, 11) is -2.13. The summed E-state index contributed by atoms with van der Waals surface area (Å²) in [5, 5.41) is 13.6. The summed E-state index contributed by atoms with van der Waals surface area (Å²) in [4.78, 5) is 15.4. The molecule has 0 saturated carbocycles. The minimum Gasteiger partial charge on any atom is -0.487 e. The summed E-state index contributed by atoms with van der Waals surface area (Å²) >= 11 is 0. The first-order chi connectivity index (χ1) is 19.1. The Hall–Kier alpha value is -3.70. The van der Waals surface area contributed by atoms with Crippen LogP contribution in [0.1, 0.15) is 49.1 Å². The van der Waals surface area contributed by atoms with E-state index in [4.69, 9.17) is 14.4 Å². The fourth-order valence-corrected chi connectivity index (χ4v) is 5.62. The number of benzene rings is 3. The molecule has 1 aromatic heterocycles. The Balaban J connectivity index is 1.60. The molecular weight excluding hydrogens is 514 g/mol. The van der Waals surface area contributed by atoms with Crippen LogP contribution in [0.4, 0.5) is 0 Å².